The van der Waals surface area contributed by atoms with Gasteiger partial charge in [-0.15, -0.1) is 0 Å². The van der Waals surface area contributed by atoms with E-state index in [4.69, 9.17) is 0 Å². The van der Waals surface area contributed by atoms with Gasteiger partial charge in [0.25, 0.3) is 5.91 Å². The standard InChI is InChI=1S/C28H33Br3N2O4/c1-16(11-12-22(29)28(3,4)31)7-5-8-17(2)13-14-33-19-15-21(35)23(30)26(36)25(19)32-24-18(27(33)37)9-6-10-20(24)34/h6-7,9-10,13,15,22,32,34-36H,5,8,11-12,14H2,1-4H3/b16-7+,17-13+. The van der Waals surface area contributed by atoms with Crippen molar-refractivity contribution in [1.29, 1.82) is 0 Å². The number of carbonyl (C=O) groups excluding carboxylic acids is 1. The van der Waals surface area contributed by atoms with Crippen LogP contribution in [0, 0.1) is 0 Å². The van der Waals surface area contributed by atoms with Gasteiger partial charge in [0.05, 0.1) is 16.9 Å². The van der Waals surface area contributed by atoms with Crippen molar-refractivity contribution in [3.05, 3.63) is 57.6 Å². The molecule has 0 saturated carbocycles. The number of allylic oxidation sites excluding steroid dienone is 3. The number of benzene rings is 2. The van der Waals surface area contributed by atoms with E-state index in [1.165, 1.54) is 22.6 Å². The van der Waals surface area contributed by atoms with Crippen LogP contribution >= 0.6 is 47.8 Å². The molecule has 6 nitrogen and oxygen atoms in total. The van der Waals surface area contributed by atoms with Crippen LogP contribution < -0.4 is 10.2 Å². The number of halogens is 3. The summed E-state index contributed by atoms with van der Waals surface area (Å²) in [4.78, 5) is 15.4. The second kappa shape index (κ2) is 12.3. The third-order valence-electron chi connectivity index (χ3n) is 6.45. The maximum Gasteiger partial charge on any atom is 0.260 e. The number of nitrogens with zero attached hydrogens (tertiary/aromatic N) is 1. The first-order chi connectivity index (χ1) is 17.3. The van der Waals surface area contributed by atoms with Crippen molar-refractivity contribution < 1.29 is 20.1 Å². The molecule has 2 aromatic carbocycles. The molecule has 4 N–H and O–H groups in total. The lowest BCUT2D eigenvalue weighted by atomic mass is 10.0. The highest BCUT2D eigenvalue weighted by Crippen LogP contribution is 2.50. The second-order valence-electron chi connectivity index (χ2n) is 9.90. The molecule has 1 aliphatic heterocycles. The van der Waals surface area contributed by atoms with Crippen LogP contribution in [0.1, 0.15) is 63.7 Å². The van der Waals surface area contributed by atoms with Crippen molar-refractivity contribution in [2.75, 3.05) is 16.8 Å². The highest BCUT2D eigenvalue weighted by Gasteiger charge is 2.31. The van der Waals surface area contributed by atoms with E-state index in [0.29, 0.717) is 10.5 Å². The summed E-state index contributed by atoms with van der Waals surface area (Å²) < 4.78 is 0.152. The van der Waals surface area contributed by atoms with E-state index in [0.717, 1.165) is 31.3 Å². The van der Waals surface area contributed by atoms with Gasteiger partial charge in [0.2, 0.25) is 0 Å². The lowest BCUT2D eigenvalue weighted by Crippen LogP contribution is -2.30. The van der Waals surface area contributed by atoms with Gasteiger partial charge in [0.1, 0.15) is 21.7 Å². The highest BCUT2D eigenvalue weighted by molar-refractivity contribution is 9.12. The van der Waals surface area contributed by atoms with Gasteiger partial charge in [-0.2, -0.15) is 0 Å². The number of amides is 1. The first-order valence-corrected chi connectivity index (χ1v) is 14.6. The molecule has 0 bridgehead atoms. The average molecular weight is 701 g/mol. The Kier molecular flexibility index (Phi) is 9.80. The predicted molar refractivity (Wildman–Crippen MR) is 162 cm³/mol. The molecule has 1 amide bonds. The number of rotatable bonds is 9. The van der Waals surface area contributed by atoms with Gasteiger partial charge in [0, 0.05) is 21.8 Å². The van der Waals surface area contributed by atoms with Crippen LogP contribution in [-0.2, 0) is 0 Å². The van der Waals surface area contributed by atoms with Crippen molar-refractivity contribution in [3.8, 4) is 17.2 Å². The number of phenols is 3. The normalized spacial score (nSPS) is 15.1. The second-order valence-corrected chi connectivity index (χ2v) is 13.8. The van der Waals surface area contributed by atoms with E-state index in [2.05, 4.69) is 80.0 Å². The first-order valence-electron chi connectivity index (χ1n) is 12.1. The lowest BCUT2D eigenvalue weighted by molar-refractivity contribution is 0.0991. The molecule has 3 rings (SSSR count). The Bertz CT molecular complexity index is 1230. The van der Waals surface area contributed by atoms with Crippen molar-refractivity contribution in [2.24, 2.45) is 0 Å². The van der Waals surface area contributed by atoms with Crippen molar-refractivity contribution in [2.45, 2.75) is 62.5 Å². The van der Waals surface area contributed by atoms with Crippen LogP contribution in [0.4, 0.5) is 17.1 Å². The minimum atomic E-state index is -0.350. The average Bonchev–Trinajstić information content (AvgIpc) is 2.94. The molecule has 9 heteroatoms. The topological polar surface area (TPSA) is 93.0 Å². The zero-order valence-electron chi connectivity index (χ0n) is 21.4. The molecule has 0 fully saturated rings. The molecule has 0 radical (unpaired) electrons. The minimum Gasteiger partial charge on any atom is -0.507 e. The Hall–Kier alpha value is -1.97. The molecule has 1 unspecified atom stereocenters. The zero-order chi connectivity index (χ0) is 27.5. The molecular weight excluding hydrogens is 668 g/mol. The van der Waals surface area contributed by atoms with Gasteiger partial charge in [0.15, 0.2) is 5.75 Å². The molecule has 0 aliphatic carbocycles. The summed E-state index contributed by atoms with van der Waals surface area (Å²) in [5.41, 5.74) is 3.49. The van der Waals surface area contributed by atoms with E-state index < -0.39 is 0 Å². The minimum absolute atomic E-state index is 0.0500. The number of aromatic hydroxyl groups is 3. The molecule has 1 heterocycles. The maximum absolute atomic E-state index is 13.5. The van der Waals surface area contributed by atoms with Gasteiger partial charge >= 0.3 is 0 Å². The number of carbonyl (C=O) groups is 1. The van der Waals surface area contributed by atoms with Crippen molar-refractivity contribution in [1.82, 2.24) is 0 Å². The number of hydrogen-bond acceptors (Lipinski definition) is 5. The van der Waals surface area contributed by atoms with Crippen molar-refractivity contribution in [3.63, 3.8) is 0 Å². The smallest absolute Gasteiger partial charge is 0.260 e. The summed E-state index contributed by atoms with van der Waals surface area (Å²) in [5.74, 6) is -0.903. The Morgan fingerprint density at radius 1 is 1.08 bits per heavy atom. The number of anilines is 3. The predicted octanol–water partition coefficient (Wildman–Crippen LogP) is 8.66. The van der Waals surface area contributed by atoms with Gasteiger partial charge in [-0.25, -0.2) is 0 Å². The largest absolute Gasteiger partial charge is 0.507 e. The van der Waals surface area contributed by atoms with E-state index in [9.17, 15) is 20.1 Å². The number of nitrogens with one attached hydrogen (secondary N) is 1. The Labute approximate surface area is 243 Å². The molecule has 37 heavy (non-hydrogen) atoms. The zero-order valence-corrected chi connectivity index (χ0v) is 26.2. The van der Waals surface area contributed by atoms with E-state index in [1.807, 2.05) is 13.0 Å². The number of fused-ring (bicyclic) bond motifs is 2. The monoisotopic (exact) mass is 698 g/mol. The summed E-state index contributed by atoms with van der Waals surface area (Å²) in [5, 5.41) is 34.5. The fraction of sp³-hybridized carbons (Fsp3) is 0.393. The Balaban J connectivity index is 1.78. The quantitative estimate of drug-likeness (QED) is 0.0910. The van der Waals surface area contributed by atoms with Crippen LogP contribution in [-0.4, -0.2) is 36.9 Å². The fourth-order valence-corrected chi connectivity index (χ4v) is 4.83. The molecule has 200 valence electrons. The molecule has 2 aromatic rings. The SMILES string of the molecule is C/C(=C\CN1C(=O)c2cccc(O)c2Nc2c1cc(O)c(Br)c2O)CC/C=C(\C)CCC(Br)C(C)(C)Br. The summed E-state index contributed by atoms with van der Waals surface area (Å²) in [7, 11) is 0. The summed E-state index contributed by atoms with van der Waals surface area (Å²) in [6, 6.07) is 6.11. The van der Waals surface area contributed by atoms with E-state index >= 15 is 0 Å². The van der Waals surface area contributed by atoms with Crippen LogP contribution in [0.2, 0.25) is 0 Å². The lowest BCUT2D eigenvalue weighted by Gasteiger charge is -2.23. The molecule has 1 atom stereocenters. The Morgan fingerprint density at radius 2 is 1.76 bits per heavy atom. The third kappa shape index (κ3) is 7.12. The molecule has 1 aliphatic rings. The molecule has 0 saturated heterocycles. The van der Waals surface area contributed by atoms with E-state index in [-0.39, 0.29) is 55.4 Å². The fourth-order valence-electron chi connectivity index (χ4n) is 4.06. The molecule has 0 spiro atoms. The first kappa shape index (κ1) is 29.6. The summed E-state index contributed by atoms with van der Waals surface area (Å²) in [6.45, 7) is 8.74. The van der Waals surface area contributed by atoms with Gasteiger partial charge in [-0.3, -0.25) is 4.79 Å². The van der Waals surface area contributed by atoms with Gasteiger partial charge in [-0.1, -0.05) is 61.2 Å². The molecule has 0 aromatic heterocycles. The van der Waals surface area contributed by atoms with Crippen molar-refractivity contribution >= 4 is 70.8 Å². The highest BCUT2D eigenvalue weighted by atomic mass is 79.9. The van der Waals surface area contributed by atoms with Crippen LogP contribution in [0.15, 0.2) is 52.0 Å². The number of para-hydroxylation sites is 1. The van der Waals surface area contributed by atoms with Crippen LogP contribution in [0.5, 0.6) is 17.2 Å². The van der Waals surface area contributed by atoms with Gasteiger partial charge < -0.3 is 25.5 Å². The summed E-state index contributed by atoms with van der Waals surface area (Å²) >= 11 is 10.6. The molecular formula is C28H33Br3N2O4. The maximum atomic E-state index is 13.5. The van der Waals surface area contributed by atoms with Crippen LogP contribution in [0.3, 0.4) is 0 Å². The van der Waals surface area contributed by atoms with Gasteiger partial charge in [-0.05, 0) is 81.4 Å². The van der Waals surface area contributed by atoms with Crippen LogP contribution in [0.25, 0.3) is 0 Å². The Morgan fingerprint density at radius 3 is 2.43 bits per heavy atom. The number of hydrogen-bond donors (Lipinski definition) is 4. The number of alkyl halides is 2. The number of phenolic OH excluding ortho intramolecular Hbond substituents is 3. The third-order valence-corrected chi connectivity index (χ3v) is 10.0. The summed E-state index contributed by atoms with van der Waals surface area (Å²) in [6.07, 6.45) is 8.07. The van der Waals surface area contributed by atoms with E-state index in [1.54, 1.807) is 12.1 Å².